The van der Waals surface area contributed by atoms with Gasteiger partial charge in [0, 0.05) is 17.5 Å². The molecule has 0 saturated carbocycles. The van der Waals surface area contributed by atoms with Gasteiger partial charge in [-0.05, 0) is 42.3 Å². The lowest BCUT2D eigenvalue weighted by atomic mass is 10.0. The van der Waals surface area contributed by atoms with Crippen molar-refractivity contribution in [2.45, 2.75) is 6.92 Å². The van der Waals surface area contributed by atoms with E-state index in [0.717, 1.165) is 11.1 Å². The largest absolute Gasteiger partial charge is 0.506 e. The quantitative estimate of drug-likeness (QED) is 0.724. The number of halogens is 1. The van der Waals surface area contributed by atoms with E-state index in [1.54, 1.807) is 24.3 Å². The zero-order valence-corrected chi connectivity index (χ0v) is 15.5. The number of aryl methyl sites for hydroxylation is 1. The van der Waals surface area contributed by atoms with Gasteiger partial charge in [-0.15, -0.1) is 0 Å². The minimum absolute atomic E-state index is 0.220. The van der Waals surface area contributed by atoms with Crippen LogP contribution in [0.4, 0.5) is 0 Å². The summed E-state index contributed by atoms with van der Waals surface area (Å²) in [7, 11) is 1.52. The molecule has 0 atom stereocenters. The van der Waals surface area contributed by atoms with Crippen LogP contribution in [0.5, 0.6) is 5.75 Å². The molecule has 2 N–H and O–H groups in total. The third-order valence-electron chi connectivity index (χ3n) is 4.25. The van der Waals surface area contributed by atoms with Crippen LogP contribution in [0, 0.1) is 0 Å². The Morgan fingerprint density at radius 3 is 2.52 bits per heavy atom. The van der Waals surface area contributed by atoms with Crippen molar-refractivity contribution in [2.24, 2.45) is 7.05 Å². The van der Waals surface area contributed by atoms with Crippen LogP contribution in [0.3, 0.4) is 0 Å². The Morgan fingerprint density at radius 2 is 1.85 bits per heavy atom. The number of aromatic hydroxyl groups is 1. The van der Waals surface area contributed by atoms with E-state index in [-0.39, 0.29) is 12.3 Å². The van der Waals surface area contributed by atoms with Crippen molar-refractivity contribution < 1.29 is 14.7 Å². The first kappa shape index (κ1) is 18.7. The molecule has 0 unspecified atom stereocenters. The van der Waals surface area contributed by atoms with Crippen LogP contribution in [-0.2, 0) is 11.8 Å². The number of nitrogens with zero attached hydrogens (tertiary/aromatic N) is 1. The zero-order chi connectivity index (χ0) is 19.7. The lowest BCUT2D eigenvalue weighted by Crippen LogP contribution is -2.34. The van der Waals surface area contributed by atoms with E-state index in [4.69, 9.17) is 11.6 Å². The van der Waals surface area contributed by atoms with Gasteiger partial charge in [0.05, 0.1) is 12.1 Å². The first-order chi connectivity index (χ1) is 12.8. The molecule has 0 aliphatic heterocycles. The summed E-state index contributed by atoms with van der Waals surface area (Å²) in [5.74, 6) is -1.47. The second-order valence-corrected chi connectivity index (χ2v) is 6.65. The molecule has 0 fully saturated rings. The summed E-state index contributed by atoms with van der Waals surface area (Å²) in [6.45, 7) is 1.10. The number of hydrogen-bond donors (Lipinski definition) is 2. The molecule has 3 aromatic rings. The van der Waals surface area contributed by atoms with E-state index in [1.807, 2.05) is 18.2 Å². The van der Waals surface area contributed by atoms with Gasteiger partial charge in [-0.25, -0.2) is 0 Å². The van der Waals surface area contributed by atoms with Gasteiger partial charge >= 0.3 is 0 Å². The average Bonchev–Trinajstić information content (AvgIpc) is 2.64. The summed E-state index contributed by atoms with van der Waals surface area (Å²) in [5.41, 5.74) is 1.05. The van der Waals surface area contributed by atoms with E-state index in [9.17, 15) is 19.5 Å². The summed E-state index contributed by atoms with van der Waals surface area (Å²) in [6, 6.07) is 12.4. The van der Waals surface area contributed by atoms with Crippen molar-refractivity contribution in [3.05, 3.63) is 63.4 Å². The number of pyridine rings is 1. The lowest BCUT2D eigenvalue weighted by Gasteiger charge is -2.13. The third kappa shape index (κ3) is 3.57. The highest BCUT2D eigenvalue weighted by Crippen LogP contribution is 2.31. The van der Waals surface area contributed by atoms with E-state index >= 15 is 0 Å². The minimum atomic E-state index is -0.793. The third-order valence-corrected chi connectivity index (χ3v) is 4.49. The van der Waals surface area contributed by atoms with Crippen molar-refractivity contribution in [1.29, 1.82) is 0 Å². The number of Topliss-reactive ketones (excluding diaryl/α,β-unsaturated/α-hetero) is 1. The molecule has 1 heterocycles. The normalized spacial score (nSPS) is 10.8. The highest BCUT2D eigenvalue weighted by molar-refractivity contribution is 6.30. The number of carbonyl (C=O) groups is 2. The molecular weight excluding hydrogens is 368 g/mol. The molecule has 1 aromatic heterocycles. The molecule has 2 aromatic carbocycles. The van der Waals surface area contributed by atoms with Crippen LogP contribution in [0.25, 0.3) is 22.0 Å². The zero-order valence-electron chi connectivity index (χ0n) is 14.7. The molecule has 0 aliphatic carbocycles. The van der Waals surface area contributed by atoms with Crippen LogP contribution in [-0.4, -0.2) is 27.9 Å². The SMILES string of the molecule is CC(=O)CNC(=O)c1c(O)c2cc(-c3cccc(Cl)c3)ccc2n(C)c1=O. The Kier molecular flexibility index (Phi) is 5.01. The maximum atomic E-state index is 12.5. The van der Waals surface area contributed by atoms with Crippen molar-refractivity contribution in [3.8, 4) is 16.9 Å². The van der Waals surface area contributed by atoms with Crippen molar-refractivity contribution in [1.82, 2.24) is 9.88 Å². The molecule has 1 amide bonds. The van der Waals surface area contributed by atoms with E-state index in [1.165, 1.54) is 18.5 Å². The fraction of sp³-hybridized carbons (Fsp3) is 0.150. The van der Waals surface area contributed by atoms with Crippen molar-refractivity contribution in [3.63, 3.8) is 0 Å². The monoisotopic (exact) mass is 384 g/mol. The highest BCUT2D eigenvalue weighted by atomic mass is 35.5. The fourth-order valence-corrected chi connectivity index (χ4v) is 3.07. The second-order valence-electron chi connectivity index (χ2n) is 6.21. The molecule has 0 aliphatic rings. The standard InChI is InChI=1S/C20H17ClN2O4/c1-11(24)10-22-19(26)17-18(25)15-9-13(12-4-3-5-14(21)8-12)6-7-16(15)23(2)20(17)27/h3-9,25H,10H2,1-2H3,(H,22,26). The molecule has 0 spiro atoms. The summed E-state index contributed by atoms with van der Waals surface area (Å²) in [5, 5.41) is 13.9. The van der Waals surface area contributed by atoms with Gasteiger partial charge in [0.2, 0.25) is 0 Å². The van der Waals surface area contributed by atoms with Crippen LogP contribution in [0.15, 0.2) is 47.3 Å². The van der Waals surface area contributed by atoms with Gasteiger partial charge < -0.3 is 15.0 Å². The summed E-state index contributed by atoms with van der Waals surface area (Å²) < 4.78 is 1.29. The van der Waals surface area contributed by atoms with Gasteiger partial charge in [-0.1, -0.05) is 29.8 Å². The predicted octanol–water partition coefficient (Wildman–Crippen LogP) is 2.88. The molecule has 7 heteroatoms. The number of nitrogens with one attached hydrogen (secondary N) is 1. The van der Waals surface area contributed by atoms with E-state index in [0.29, 0.717) is 15.9 Å². The van der Waals surface area contributed by atoms with Crippen molar-refractivity contribution >= 4 is 34.2 Å². The number of rotatable bonds is 4. The number of carbonyl (C=O) groups excluding carboxylic acids is 2. The van der Waals surface area contributed by atoms with Crippen LogP contribution < -0.4 is 10.9 Å². The molecule has 138 valence electrons. The maximum absolute atomic E-state index is 12.5. The van der Waals surface area contributed by atoms with Gasteiger partial charge in [0.1, 0.15) is 17.1 Å². The minimum Gasteiger partial charge on any atom is -0.506 e. The summed E-state index contributed by atoms with van der Waals surface area (Å²) in [4.78, 5) is 35.9. The summed E-state index contributed by atoms with van der Waals surface area (Å²) in [6.07, 6.45) is 0. The first-order valence-electron chi connectivity index (χ1n) is 8.19. The topological polar surface area (TPSA) is 88.4 Å². The van der Waals surface area contributed by atoms with Crippen LogP contribution in [0.2, 0.25) is 5.02 Å². The van der Waals surface area contributed by atoms with Crippen molar-refractivity contribution in [2.75, 3.05) is 6.54 Å². The van der Waals surface area contributed by atoms with Crippen LogP contribution >= 0.6 is 11.6 Å². The van der Waals surface area contributed by atoms with Gasteiger partial charge in [-0.2, -0.15) is 0 Å². The Hall–Kier alpha value is -3.12. The molecule has 0 radical (unpaired) electrons. The smallest absolute Gasteiger partial charge is 0.267 e. The van der Waals surface area contributed by atoms with Gasteiger partial charge in [0.15, 0.2) is 0 Å². The Balaban J connectivity index is 2.20. The molecule has 3 rings (SSSR count). The van der Waals surface area contributed by atoms with Gasteiger partial charge in [0.25, 0.3) is 11.5 Å². The maximum Gasteiger partial charge on any atom is 0.267 e. The predicted molar refractivity (Wildman–Crippen MR) is 104 cm³/mol. The number of ketones is 1. The average molecular weight is 385 g/mol. The molecule has 6 nitrogen and oxygen atoms in total. The fourth-order valence-electron chi connectivity index (χ4n) is 2.88. The Bertz CT molecular complexity index is 1130. The number of fused-ring (bicyclic) bond motifs is 1. The second kappa shape index (κ2) is 7.25. The lowest BCUT2D eigenvalue weighted by molar-refractivity contribution is -0.116. The van der Waals surface area contributed by atoms with E-state index < -0.39 is 22.8 Å². The first-order valence-corrected chi connectivity index (χ1v) is 8.56. The molecule has 27 heavy (non-hydrogen) atoms. The molecule has 0 bridgehead atoms. The molecule has 0 saturated heterocycles. The van der Waals surface area contributed by atoms with Gasteiger partial charge in [-0.3, -0.25) is 14.4 Å². The van der Waals surface area contributed by atoms with Crippen LogP contribution in [0.1, 0.15) is 17.3 Å². The molecular formula is C20H17ClN2O4. The summed E-state index contributed by atoms with van der Waals surface area (Å²) >= 11 is 6.04. The number of amides is 1. The van der Waals surface area contributed by atoms with E-state index in [2.05, 4.69) is 5.32 Å². The number of hydrogen-bond acceptors (Lipinski definition) is 4. The number of benzene rings is 2. The Morgan fingerprint density at radius 1 is 1.15 bits per heavy atom. The highest BCUT2D eigenvalue weighted by Gasteiger charge is 2.21. The number of aromatic nitrogens is 1. The Labute approximate surface area is 160 Å².